The number of unbranched alkanes of at least 4 members (excludes halogenated alkanes) is 8. The normalized spacial score (nSPS) is 19.2. The third-order valence-electron chi connectivity index (χ3n) is 4.57. The molecule has 0 radical (unpaired) electrons. The predicted octanol–water partition coefficient (Wildman–Crippen LogP) is 4.20. The summed E-state index contributed by atoms with van der Waals surface area (Å²) in [6, 6.07) is 0. The molecule has 0 saturated carbocycles. The number of likely N-dealkylation sites (tertiary alicyclic amines) is 1. The number of hydrogen-bond donors (Lipinski definition) is 0. The molecule has 0 aromatic heterocycles. The Morgan fingerprint density at radius 3 is 2.10 bits per heavy atom. The van der Waals surface area contributed by atoms with Crippen LogP contribution in [0.4, 0.5) is 0 Å². The van der Waals surface area contributed by atoms with Gasteiger partial charge in [0.25, 0.3) is 0 Å². The van der Waals surface area contributed by atoms with Crippen molar-refractivity contribution in [2.75, 3.05) is 26.7 Å². The van der Waals surface area contributed by atoms with Crippen LogP contribution in [0.1, 0.15) is 77.6 Å². The van der Waals surface area contributed by atoms with E-state index in [1.54, 1.807) is 6.92 Å². The van der Waals surface area contributed by atoms with Gasteiger partial charge in [-0.3, -0.25) is 0 Å². The molecule has 3 heteroatoms. The second-order valence-electron chi connectivity index (χ2n) is 6.58. The van der Waals surface area contributed by atoms with E-state index >= 15 is 0 Å². The van der Waals surface area contributed by atoms with Crippen LogP contribution in [0.3, 0.4) is 0 Å². The minimum Gasteiger partial charge on any atom is -0.380 e. The molecule has 0 bridgehead atoms. The van der Waals surface area contributed by atoms with Crippen LogP contribution in [0.2, 0.25) is 0 Å². The number of rotatable bonds is 13. The number of methoxy groups -OCH3 is 1. The quantitative estimate of drug-likeness (QED) is 0.477. The highest BCUT2D eigenvalue weighted by atomic mass is 16.5. The lowest BCUT2D eigenvalue weighted by Crippen LogP contribution is -2.23. The van der Waals surface area contributed by atoms with Gasteiger partial charge in [-0.05, 0) is 32.7 Å². The van der Waals surface area contributed by atoms with Crippen LogP contribution in [0.25, 0.3) is 0 Å². The molecule has 0 aliphatic carbocycles. The van der Waals surface area contributed by atoms with Gasteiger partial charge >= 0.3 is 0 Å². The van der Waals surface area contributed by atoms with Crippen LogP contribution in [0.15, 0.2) is 0 Å². The third-order valence-corrected chi connectivity index (χ3v) is 4.57. The molecule has 1 aliphatic rings. The van der Waals surface area contributed by atoms with Crippen molar-refractivity contribution in [3.63, 3.8) is 0 Å². The molecule has 1 atom stereocenters. The Balaban J connectivity index is 1.76. The van der Waals surface area contributed by atoms with Crippen molar-refractivity contribution in [1.82, 2.24) is 4.90 Å². The molecule has 0 aromatic rings. The SMILES string of the molecule is CO[C@@H]1CCN(CCCCCCCCCCCC(C)=O)C1. The minimum atomic E-state index is 0.338. The Morgan fingerprint density at radius 1 is 1.00 bits per heavy atom. The lowest BCUT2D eigenvalue weighted by molar-refractivity contribution is -0.117. The summed E-state index contributed by atoms with van der Waals surface area (Å²) in [7, 11) is 1.83. The molecule has 1 fully saturated rings. The Bertz CT molecular complexity index is 268. The summed E-state index contributed by atoms with van der Waals surface area (Å²) in [5.74, 6) is 0.338. The molecular weight excluding hydrogens is 262 g/mol. The molecular formula is C18H35NO2. The van der Waals surface area contributed by atoms with Crippen molar-refractivity contribution in [1.29, 1.82) is 0 Å². The zero-order valence-corrected chi connectivity index (χ0v) is 14.2. The van der Waals surface area contributed by atoms with Gasteiger partial charge < -0.3 is 14.4 Å². The zero-order valence-electron chi connectivity index (χ0n) is 14.2. The van der Waals surface area contributed by atoms with E-state index in [2.05, 4.69) is 4.90 Å². The van der Waals surface area contributed by atoms with Crippen LogP contribution in [-0.4, -0.2) is 43.5 Å². The highest BCUT2D eigenvalue weighted by Gasteiger charge is 2.20. The van der Waals surface area contributed by atoms with Crippen molar-refractivity contribution in [3.8, 4) is 0 Å². The van der Waals surface area contributed by atoms with Crippen molar-refractivity contribution >= 4 is 5.78 Å². The van der Waals surface area contributed by atoms with Crippen LogP contribution in [0, 0.1) is 0 Å². The maximum absolute atomic E-state index is 10.8. The van der Waals surface area contributed by atoms with Gasteiger partial charge in [-0.25, -0.2) is 0 Å². The van der Waals surface area contributed by atoms with Gasteiger partial charge in [-0.2, -0.15) is 0 Å². The Morgan fingerprint density at radius 2 is 1.57 bits per heavy atom. The summed E-state index contributed by atoms with van der Waals surface area (Å²) in [6.45, 7) is 5.30. The number of carbonyl (C=O) groups excluding carboxylic acids is 1. The first kappa shape index (κ1) is 18.6. The third kappa shape index (κ3) is 10.0. The van der Waals surface area contributed by atoms with Gasteiger partial charge in [0.2, 0.25) is 0 Å². The second kappa shape index (κ2) is 12.2. The van der Waals surface area contributed by atoms with Crippen molar-refractivity contribution < 1.29 is 9.53 Å². The molecule has 21 heavy (non-hydrogen) atoms. The summed E-state index contributed by atoms with van der Waals surface area (Å²) >= 11 is 0. The smallest absolute Gasteiger partial charge is 0.129 e. The molecule has 1 saturated heterocycles. The van der Waals surface area contributed by atoms with Gasteiger partial charge in [0, 0.05) is 26.6 Å². The standard InChI is InChI=1S/C18H35NO2/c1-17(20)12-10-8-6-4-3-5-7-9-11-14-19-15-13-18(16-19)21-2/h18H,3-16H2,1-2H3/t18-/m1/s1. The van der Waals surface area contributed by atoms with Gasteiger partial charge in [0.1, 0.15) is 5.78 Å². The van der Waals surface area contributed by atoms with E-state index in [9.17, 15) is 4.79 Å². The van der Waals surface area contributed by atoms with Gasteiger partial charge in [-0.1, -0.05) is 44.9 Å². The number of carbonyl (C=O) groups is 1. The summed E-state index contributed by atoms with van der Waals surface area (Å²) < 4.78 is 5.39. The highest BCUT2D eigenvalue weighted by molar-refractivity contribution is 5.75. The Labute approximate surface area is 131 Å². The summed E-state index contributed by atoms with van der Waals surface area (Å²) in [4.78, 5) is 13.3. The average molecular weight is 297 g/mol. The molecule has 0 spiro atoms. The fraction of sp³-hybridized carbons (Fsp3) is 0.944. The molecule has 3 nitrogen and oxygen atoms in total. The highest BCUT2D eigenvalue weighted by Crippen LogP contribution is 2.14. The number of Topliss-reactive ketones (excluding diaryl/α,β-unsaturated/α-hetero) is 1. The number of nitrogens with zero attached hydrogens (tertiary/aromatic N) is 1. The van der Waals surface area contributed by atoms with Gasteiger partial charge in [-0.15, -0.1) is 0 Å². The van der Waals surface area contributed by atoms with Crippen LogP contribution < -0.4 is 0 Å². The monoisotopic (exact) mass is 297 g/mol. The van der Waals surface area contributed by atoms with E-state index in [4.69, 9.17) is 4.74 Å². The van der Waals surface area contributed by atoms with E-state index in [0.717, 1.165) is 19.4 Å². The first-order chi connectivity index (χ1) is 10.2. The minimum absolute atomic E-state index is 0.338. The van der Waals surface area contributed by atoms with E-state index in [1.165, 1.54) is 70.9 Å². The molecule has 0 unspecified atom stereocenters. The summed E-state index contributed by atoms with van der Waals surface area (Å²) in [5.41, 5.74) is 0. The van der Waals surface area contributed by atoms with Gasteiger partial charge in [0.15, 0.2) is 0 Å². The zero-order chi connectivity index (χ0) is 15.3. The fourth-order valence-electron chi connectivity index (χ4n) is 3.14. The van der Waals surface area contributed by atoms with Gasteiger partial charge in [0.05, 0.1) is 6.10 Å². The predicted molar refractivity (Wildman–Crippen MR) is 88.7 cm³/mol. The lowest BCUT2D eigenvalue weighted by Gasteiger charge is -2.15. The van der Waals surface area contributed by atoms with Crippen LogP contribution in [-0.2, 0) is 9.53 Å². The van der Waals surface area contributed by atoms with Crippen molar-refractivity contribution in [2.24, 2.45) is 0 Å². The lowest BCUT2D eigenvalue weighted by atomic mass is 10.1. The first-order valence-corrected chi connectivity index (χ1v) is 8.97. The molecule has 0 aromatic carbocycles. The Kier molecular flexibility index (Phi) is 10.8. The average Bonchev–Trinajstić information content (AvgIpc) is 2.92. The van der Waals surface area contributed by atoms with E-state index in [1.807, 2.05) is 7.11 Å². The van der Waals surface area contributed by atoms with Crippen LogP contribution in [0.5, 0.6) is 0 Å². The summed E-state index contributed by atoms with van der Waals surface area (Å²) in [6.07, 6.45) is 14.3. The largest absolute Gasteiger partial charge is 0.380 e. The maximum Gasteiger partial charge on any atom is 0.129 e. The Hall–Kier alpha value is -0.410. The van der Waals surface area contributed by atoms with E-state index in [-0.39, 0.29) is 0 Å². The van der Waals surface area contributed by atoms with Crippen molar-refractivity contribution in [3.05, 3.63) is 0 Å². The fourth-order valence-corrected chi connectivity index (χ4v) is 3.14. The summed E-state index contributed by atoms with van der Waals surface area (Å²) in [5, 5.41) is 0. The van der Waals surface area contributed by atoms with E-state index in [0.29, 0.717) is 11.9 Å². The molecule has 1 heterocycles. The molecule has 1 aliphatic heterocycles. The maximum atomic E-state index is 10.8. The first-order valence-electron chi connectivity index (χ1n) is 8.97. The topological polar surface area (TPSA) is 29.5 Å². The van der Waals surface area contributed by atoms with E-state index < -0.39 is 0 Å². The van der Waals surface area contributed by atoms with Crippen molar-refractivity contribution in [2.45, 2.75) is 83.7 Å². The number of ketones is 1. The number of hydrogen-bond acceptors (Lipinski definition) is 3. The van der Waals surface area contributed by atoms with Crippen LogP contribution >= 0.6 is 0 Å². The molecule has 1 rings (SSSR count). The molecule has 124 valence electrons. The number of ether oxygens (including phenoxy) is 1. The molecule has 0 N–H and O–H groups in total. The second-order valence-corrected chi connectivity index (χ2v) is 6.58. The molecule has 0 amide bonds.